The maximum Gasteiger partial charge on any atom is 0.416 e. The van der Waals surface area contributed by atoms with Gasteiger partial charge in [0, 0.05) is 48.1 Å². The quantitative estimate of drug-likeness (QED) is 0.114. The number of nitrogens with zero attached hydrogens (tertiary/aromatic N) is 5. The number of hydrogen-bond acceptors (Lipinski definition) is 8. The molecule has 0 radical (unpaired) electrons. The highest BCUT2D eigenvalue weighted by Crippen LogP contribution is 2.43. The molecule has 9 nitrogen and oxygen atoms in total. The van der Waals surface area contributed by atoms with Crippen molar-refractivity contribution in [3.8, 4) is 33.9 Å². The van der Waals surface area contributed by atoms with E-state index in [9.17, 15) is 21.6 Å². The highest BCUT2D eigenvalue weighted by molar-refractivity contribution is 7.93. The second-order valence-electron chi connectivity index (χ2n) is 14.9. The van der Waals surface area contributed by atoms with Crippen LogP contribution in [-0.4, -0.2) is 55.4 Å². The van der Waals surface area contributed by atoms with Crippen molar-refractivity contribution < 1.29 is 31.1 Å². The van der Waals surface area contributed by atoms with Crippen LogP contribution in [-0.2, 0) is 22.7 Å². The zero-order valence-electron chi connectivity index (χ0n) is 33.6. The lowest BCUT2D eigenvalue weighted by molar-refractivity contribution is -0.137. The van der Waals surface area contributed by atoms with Gasteiger partial charge in [-0.15, -0.1) is 11.3 Å². The summed E-state index contributed by atoms with van der Waals surface area (Å²) in [6.07, 6.45) is -1.42. The van der Waals surface area contributed by atoms with E-state index in [4.69, 9.17) is 9.47 Å². The molecule has 2 aromatic heterocycles. The minimum absolute atomic E-state index is 0.0000884. The predicted molar refractivity (Wildman–Crippen MR) is 236 cm³/mol. The van der Waals surface area contributed by atoms with Gasteiger partial charge in [-0.1, -0.05) is 91.0 Å². The molecule has 0 N–H and O–H groups in total. The third-order valence-corrected chi connectivity index (χ3v) is 13.9. The van der Waals surface area contributed by atoms with Gasteiger partial charge in [0.2, 0.25) is 0 Å². The first-order valence-electron chi connectivity index (χ1n) is 19.8. The topological polar surface area (TPSA) is 89.8 Å². The maximum absolute atomic E-state index is 14.6. The number of sulfonamides is 1. The number of rotatable bonds is 13. The molecule has 0 bridgehead atoms. The number of hydrogen-bond donors (Lipinski definition) is 0. The summed E-state index contributed by atoms with van der Waals surface area (Å²) < 4.78 is 86.4. The second kappa shape index (κ2) is 16.8. The number of benzene rings is 6. The summed E-state index contributed by atoms with van der Waals surface area (Å²) in [5.74, 6) is 1.02. The Kier molecular flexibility index (Phi) is 11.1. The summed E-state index contributed by atoms with van der Waals surface area (Å²) in [5.41, 5.74) is 4.24. The number of aromatic nitrogens is 3. The van der Waals surface area contributed by atoms with Crippen LogP contribution in [0.3, 0.4) is 0 Å². The number of fused-ring (bicyclic) bond motifs is 1. The Morgan fingerprint density at radius 1 is 0.774 bits per heavy atom. The van der Waals surface area contributed by atoms with E-state index in [1.165, 1.54) is 48.1 Å². The highest BCUT2D eigenvalue weighted by Gasteiger charge is 2.38. The molecule has 0 saturated carbocycles. The minimum Gasteiger partial charge on any atom is -0.497 e. The van der Waals surface area contributed by atoms with Gasteiger partial charge in [0.25, 0.3) is 10.0 Å². The normalized spacial score (nSPS) is 13.6. The van der Waals surface area contributed by atoms with Crippen molar-refractivity contribution in [3.63, 3.8) is 0 Å². The number of ether oxygens (including phenoxy) is 2. The lowest BCUT2D eigenvalue weighted by Crippen LogP contribution is -2.50. The number of alkyl halides is 3. The van der Waals surface area contributed by atoms with Gasteiger partial charge < -0.3 is 9.47 Å². The van der Waals surface area contributed by atoms with Crippen LogP contribution in [0.1, 0.15) is 34.3 Å². The molecule has 314 valence electrons. The summed E-state index contributed by atoms with van der Waals surface area (Å²) in [4.78, 5) is 6.73. The molecular weight excluding hydrogens is 832 g/mol. The van der Waals surface area contributed by atoms with Crippen molar-refractivity contribution in [2.75, 3.05) is 31.6 Å². The molecule has 8 aromatic rings. The average Bonchev–Trinajstić information content (AvgIpc) is 4.00. The van der Waals surface area contributed by atoms with Crippen LogP contribution in [0, 0.1) is 0 Å². The molecule has 3 heterocycles. The van der Waals surface area contributed by atoms with Gasteiger partial charge in [0.1, 0.15) is 11.5 Å². The molecule has 0 aliphatic carbocycles. The molecule has 0 amide bonds. The lowest BCUT2D eigenvalue weighted by Gasteiger charge is -2.45. The molecule has 1 aliphatic heterocycles. The summed E-state index contributed by atoms with van der Waals surface area (Å²) in [6, 6.07) is 41.4. The number of halogens is 3. The Labute approximate surface area is 361 Å². The first-order chi connectivity index (χ1) is 30.0. The van der Waals surface area contributed by atoms with Crippen molar-refractivity contribution in [1.82, 2.24) is 19.7 Å². The van der Waals surface area contributed by atoms with Gasteiger partial charge in [-0.25, -0.2) is 17.7 Å². The largest absolute Gasteiger partial charge is 0.497 e. The van der Waals surface area contributed by atoms with Crippen molar-refractivity contribution in [2.45, 2.75) is 29.7 Å². The van der Waals surface area contributed by atoms with E-state index in [0.29, 0.717) is 63.3 Å². The van der Waals surface area contributed by atoms with Crippen LogP contribution < -0.4 is 13.8 Å². The maximum atomic E-state index is 14.6. The molecule has 9 rings (SSSR count). The minimum atomic E-state index is -4.59. The Bertz CT molecular complexity index is 2920. The van der Waals surface area contributed by atoms with E-state index < -0.39 is 21.8 Å². The van der Waals surface area contributed by atoms with Crippen molar-refractivity contribution in [2.24, 2.45) is 0 Å². The summed E-state index contributed by atoms with van der Waals surface area (Å²) in [7, 11) is -1.16. The highest BCUT2D eigenvalue weighted by atomic mass is 32.2. The molecule has 0 atom stereocenters. The van der Waals surface area contributed by atoms with E-state index in [0.717, 1.165) is 17.2 Å². The molecule has 6 aromatic carbocycles. The zero-order chi connectivity index (χ0) is 43.0. The van der Waals surface area contributed by atoms with E-state index in [1.54, 1.807) is 66.3 Å². The Morgan fingerprint density at radius 3 is 2.18 bits per heavy atom. The number of anilines is 1. The third kappa shape index (κ3) is 7.81. The summed E-state index contributed by atoms with van der Waals surface area (Å²) in [6.45, 7) is 1.19. The van der Waals surface area contributed by atoms with Gasteiger partial charge >= 0.3 is 6.18 Å². The van der Waals surface area contributed by atoms with Crippen LogP contribution in [0.2, 0.25) is 0 Å². The van der Waals surface area contributed by atoms with Crippen molar-refractivity contribution in [1.29, 1.82) is 0 Å². The monoisotopic (exact) mass is 871 g/mol. The fourth-order valence-electron chi connectivity index (χ4n) is 8.24. The molecule has 1 aliphatic rings. The zero-order valence-corrected chi connectivity index (χ0v) is 35.2. The standard InChI is InChI=1S/C48H40F3N5O4S2/c1-59-38-18-16-35(45(28-38)60-2)29-55(47-52-24-25-61-47)62(57,58)39-19-21-40-34(26-39)14-9-15-41(40)42-20-17-36(48(49,50)51)27-43(42)44-22-23-53-56(44)37-30-54(31-37)46(32-10-5-3-6-11-32)33-12-7-4-8-13-33/h3-28,37,46H,29-31H2,1-2H3. The molecule has 1 fully saturated rings. The smallest absolute Gasteiger partial charge is 0.416 e. The first kappa shape index (κ1) is 40.9. The SMILES string of the molecule is COc1ccc(CN(c2nccs2)S(=O)(=O)c2ccc3c(-c4ccc(C(F)(F)F)cc4-c4ccnn4C4CN(C(c5ccccc5)c5ccccc5)C4)cccc3c2)c(OC)c1. The Hall–Kier alpha value is -6.48. The molecule has 62 heavy (non-hydrogen) atoms. The molecule has 0 unspecified atom stereocenters. The Balaban J connectivity index is 1.08. The van der Waals surface area contributed by atoms with E-state index in [-0.39, 0.29) is 28.7 Å². The number of methoxy groups -OCH3 is 2. The van der Waals surface area contributed by atoms with E-state index >= 15 is 0 Å². The van der Waals surface area contributed by atoms with Crippen LogP contribution >= 0.6 is 11.3 Å². The molecule has 0 spiro atoms. The predicted octanol–water partition coefficient (Wildman–Crippen LogP) is 10.9. The number of likely N-dealkylation sites (tertiary alicyclic amines) is 1. The van der Waals surface area contributed by atoms with Gasteiger partial charge in [-0.3, -0.25) is 9.58 Å². The molecule has 1 saturated heterocycles. The van der Waals surface area contributed by atoms with Crippen molar-refractivity contribution in [3.05, 3.63) is 180 Å². The summed E-state index contributed by atoms with van der Waals surface area (Å²) >= 11 is 1.19. The Morgan fingerprint density at radius 2 is 1.52 bits per heavy atom. The fraction of sp³-hybridized carbons (Fsp3) is 0.167. The molecule has 14 heteroatoms. The fourth-order valence-corrected chi connectivity index (χ4v) is 10.5. The van der Waals surface area contributed by atoms with E-state index in [1.807, 2.05) is 47.1 Å². The van der Waals surface area contributed by atoms with Gasteiger partial charge in [-0.05, 0) is 75.5 Å². The van der Waals surface area contributed by atoms with Crippen LogP contribution in [0.4, 0.5) is 18.3 Å². The van der Waals surface area contributed by atoms with Crippen LogP contribution in [0.25, 0.3) is 33.2 Å². The third-order valence-electron chi connectivity index (χ3n) is 11.3. The van der Waals surface area contributed by atoms with Crippen LogP contribution in [0.15, 0.2) is 162 Å². The second-order valence-corrected chi connectivity index (χ2v) is 17.7. The van der Waals surface area contributed by atoms with Gasteiger partial charge in [0.05, 0.1) is 49.0 Å². The van der Waals surface area contributed by atoms with E-state index in [2.05, 4.69) is 39.2 Å². The lowest BCUT2D eigenvalue weighted by atomic mass is 9.91. The number of thiazole rings is 1. The van der Waals surface area contributed by atoms with Gasteiger partial charge in [0.15, 0.2) is 5.13 Å². The van der Waals surface area contributed by atoms with Gasteiger partial charge in [-0.2, -0.15) is 18.3 Å². The summed E-state index contributed by atoms with van der Waals surface area (Å²) in [5, 5.41) is 7.92. The van der Waals surface area contributed by atoms with Crippen molar-refractivity contribution >= 4 is 37.3 Å². The molecular formula is C48H40F3N5O4S2. The first-order valence-corrected chi connectivity index (χ1v) is 22.1. The average molecular weight is 872 g/mol. The van der Waals surface area contributed by atoms with Crippen LogP contribution in [0.5, 0.6) is 11.5 Å².